The Bertz CT molecular complexity index is 940. The molecular formula is C16H19ClN4O2S2. The topological polar surface area (TPSA) is 67.2 Å². The Morgan fingerprint density at radius 2 is 2.20 bits per heavy atom. The highest BCUT2D eigenvalue weighted by Gasteiger charge is 2.31. The summed E-state index contributed by atoms with van der Waals surface area (Å²) in [5.41, 5.74) is 3.02. The summed E-state index contributed by atoms with van der Waals surface area (Å²) in [6.07, 6.45) is 2.07. The summed E-state index contributed by atoms with van der Waals surface area (Å²) in [7, 11) is 0.301. The van der Waals surface area contributed by atoms with Gasteiger partial charge in [0.1, 0.15) is 0 Å². The zero-order chi connectivity index (χ0) is 17.8. The van der Waals surface area contributed by atoms with Crippen LogP contribution in [-0.2, 0) is 23.0 Å². The lowest BCUT2D eigenvalue weighted by Gasteiger charge is -2.20. The summed E-state index contributed by atoms with van der Waals surface area (Å²) in [4.78, 5) is 6.33. The van der Waals surface area contributed by atoms with Crippen LogP contribution in [0.5, 0.6) is 0 Å². The molecule has 4 rings (SSSR count). The van der Waals surface area contributed by atoms with Gasteiger partial charge in [-0.2, -0.15) is 8.42 Å². The van der Waals surface area contributed by atoms with Crippen molar-refractivity contribution in [1.82, 2.24) is 14.5 Å². The Hall–Kier alpha value is -1.22. The molecule has 1 aliphatic heterocycles. The molecule has 1 atom stereocenters. The van der Waals surface area contributed by atoms with Crippen molar-refractivity contribution in [3.8, 4) is 0 Å². The summed E-state index contributed by atoms with van der Waals surface area (Å²) in [6, 6.07) is 6.08. The summed E-state index contributed by atoms with van der Waals surface area (Å²) in [5, 5.41) is 0.743. The van der Waals surface area contributed by atoms with Crippen LogP contribution in [0.25, 0.3) is 0 Å². The Balaban J connectivity index is 1.68. The number of sulfonamides is 1. The average molecular weight is 399 g/mol. The molecule has 0 bridgehead atoms. The maximum absolute atomic E-state index is 12.9. The first-order valence-corrected chi connectivity index (χ1v) is 10.9. The number of nitrogens with one attached hydrogen (secondary N) is 1. The number of rotatable bonds is 4. The zero-order valence-electron chi connectivity index (χ0n) is 14.0. The van der Waals surface area contributed by atoms with Gasteiger partial charge in [-0.3, -0.25) is 4.72 Å². The van der Waals surface area contributed by atoms with E-state index in [2.05, 4.69) is 14.6 Å². The molecule has 0 amide bonds. The first-order chi connectivity index (χ1) is 11.9. The largest absolute Gasteiger partial charge is 0.306 e. The summed E-state index contributed by atoms with van der Waals surface area (Å²) >= 11 is 7.62. The molecule has 1 aliphatic carbocycles. The molecule has 6 nitrogen and oxygen atoms in total. The van der Waals surface area contributed by atoms with E-state index in [1.54, 1.807) is 4.57 Å². The molecule has 9 heteroatoms. The fourth-order valence-electron chi connectivity index (χ4n) is 3.57. The van der Waals surface area contributed by atoms with Crippen molar-refractivity contribution in [2.24, 2.45) is 0 Å². The Kier molecular flexibility index (Phi) is 4.26. The maximum atomic E-state index is 12.9. The molecule has 0 saturated carbocycles. The highest BCUT2D eigenvalue weighted by molar-refractivity contribution is 7.99. The predicted octanol–water partition coefficient (Wildman–Crippen LogP) is 2.99. The third-order valence-electron chi connectivity index (χ3n) is 4.71. The van der Waals surface area contributed by atoms with Gasteiger partial charge in [0.05, 0.1) is 0 Å². The molecule has 2 aromatic rings. The minimum absolute atomic E-state index is 0.0297. The molecular weight excluding hydrogens is 380 g/mol. The van der Waals surface area contributed by atoms with Gasteiger partial charge in [0.15, 0.2) is 15.3 Å². The monoisotopic (exact) mass is 398 g/mol. The van der Waals surface area contributed by atoms with E-state index in [1.807, 2.05) is 32.3 Å². The van der Waals surface area contributed by atoms with Crippen LogP contribution in [0.2, 0.25) is 5.15 Å². The summed E-state index contributed by atoms with van der Waals surface area (Å²) in [5.74, 6) is 0.811. The number of halogens is 1. The number of fused-ring (bicyclic) bond motifs is 2. The fourth-order valence-corrected chi connectivity index (χ4v) is 6.38. The number of nitrogens with zero attached hydrogens (tertiary/aromatic N) is 3. The number of hydrogen-bond acceptors (Lipinski definition) is 5. The number of anilines is 1. The second-order valence-electron chi connectivity index (χ2n) is 6.53. The molecule has 1 aromatic heterocycles. The summed E-state index contributed by atoms with van der Waals surface area (Å²) in [6.45, 7) is 0.600. The van der Waals surface area contributed by atoms with Crippen molar-refractivity contribution in [3.63, 3.8) is 0 Å². The van der Waals surface area contributed by atoms with Crippen LogP contribution in [0.15, 0.2) is 28.4 Å². The number of aromatic nitrogens is 2. The van der Waals surface area contributed by atoms with Gasteiger partial charge in [-0.25, -0.2) is 4.98 Å². The molecule has 0 saturated heterocycles. The van der Waals surface area contributed by atoms with Crippen LogP contribution in [-0.4, -0.2) is 42.7 Å². The molecule has 0 radical (unpaired) electrons. The second kappa shape index (κ2) is 6.19. The van der Waals surface area contributed by atoms with E-state index < -0.39 is 10.0 Å². The van der Waals surface area contributed by atoms with Gasteiger partial charge < -0.3 is 9.47 Å². The van der Waals surface area contributed by atoms with Crippen LogP contribution in [0.3, 0.4) is 0 Å². The molecule has 134 valence electrons. The molecule has 25 heavy (non-hydrogen) atoms. The highest BCUT2D eigenvalue weighted by atomic mass is 35.5. The second-order valence-corrected chi connectivity index (χ2v) is 9.55. The molecule has 1 N–H and O–H groups in total. The van der Waals surface area contributed by atoms with Crippen molar-refractivity contribution < 1.29 is 8.42 Å². The predicted molar refractivity (Wildman–Crippen MR) is 100.0 cm³/mol. The Labute approximate surface area is 156 Å². The average Bonchev–Trinajstić information content (AvgIpc) is 3.19. The first-order valence-electron chi connectivity index (χ1n) is 8.08. The van der Waals surface area contributed by atoms with E-state index in [4.69, 9.17) is 11.6 Å². The number of hydrogen-bond donors (Lipinski definition) is 1. The van der Waals surface area contributed by atoms with Gasteiger partial charge >= 0.3 is 0 Å². The lowest BCUT2D eigenvalue weighted by atomic mass is 10.1. The van der Waals surface area contributed by atoms with E-state index in [0.29, 0.717) is 23.4 Å². The van der Waals surface area contributed by atoms with Gasteiger partial charge in [0.2, 0.25) is 0 Å². The highest BCUT2D eigenvalue weighted by Crippen LogP contribution is 2.37. The minimum atomic E-state index is -3.79. The fraction of sp³-hybridized carbons (Fsp3) is 0.438. The van der Waals surface area contributed by atoms with E-state index >= 15 is 0 Å². The SMILES string of the molecule is CN(C)C1CCc2ccc(NS(=O)(=O)c3c(Cl)nc4n3CCS4)cc21. The lowest BCUT2D eigenvalue weighted by Crippen LogP contribution is -2.19. The van der Waals surface area contributed by atoms with Crippen LogP contribution in [0.1, 0.15) is 23.6 Å². The van der Waals surface area contributed by atoms with Crippen LogP contribution < -0.4 is 4.72 Å². The van der Waals surface area contributed by atoms with Gasteiger partial charge in [0, 0.05) is 24.0 Å². The van der Waals surface area contributed by atoms with Crippen LogP contribution >= 0.6 is 23.4 Å². The number of thioether (sulfide) groups is 1. The first kappa shape index (κ1) is 17.2. The van der Waals surface area contributed by atoms with Crippen molar-refractivity contribution in [2.75, 3.05) is 24.6 Å². The standard InChI is InChI=1S/C16H19ClN4O2S2/c1-20(2)13-6-4-10-3-5-11(9-12(10)13)19-25(22,23)15-14(17)18-16-21(15)7-8-24-16/h3,5,9,13,19H,4,6-8H2,1-2H3. The number of benzene rings is 1. The van der Waals surface area contributed by atoms with Crippen molar-refractivity contribution in [3.05, 3.63) is 34.5 Å². The quantitative estimate of drug-likeness (QED) is 0.857. The normalized spacial score (nSPS) is 19.3. The molecule has 2 aliphatic rings. The van der Waals surface area contributed by atoms with Crippen LogP contribution in [0, 0.1) is 0 Å². The van der Waals surface area contributed by atoms with E-state index in [0.717, 1.165) is 18.6 Å². The molecule has 1 unspecified atom stereocenters. The van der Waals surface area contributed by atoms with E-state index in [1.165, 1.54) is 22.9 Å². The minimum Gasteiger partial charge on any atom is -0.306 e. The van der Waals surface area contributed by atoms with Gasteiger partial charge in [-0.15, -0.1) is 0 Å². The summed E-state index contributed by atoms with van der Waals surface area (Å²) < 4.78 is 30.1. The smallest absolute Gasteiger partial charge is 0.280 e. The van der Waals surface area contributed by atoms with E-state index in [9.17, 15) is 8.42 Å². The number of imidazole rings is 1. The van der Waals surface area contributed by atoms with Gasteiger partial charge in [-0.1, -0.05) is 29.4 Å². The van der Waals surface area contributed by atoms with Crippen molar-refractivity contribution in [1.29, 1.82) is 0 Å². The Morgan fingerprint density at radius 3 is 2.96 bits per heavy atom. The molecule has 0 fully saturated rings. The van der Waals surface area contributed by atoms with E-state index in [-0.39, 0.29) is 10.2 Å². The molecule has 1 aromatic carbocycles. The molecule has 0 spiro atoms. The lowest BCUT2D eigenvalue weighted by molar-refractivity contribution is 0.299. The number of aryl methyl sites for hydroxylation is 1. The van der Waals surface area contributed by atoms with Gasteiger partial charge in [0.25, 0.3) is 10.0 Å². The van der Waals surface area contributed by atoms with Gasteiger partial charge in [-0.05, 0) is 50.2 Å². The van der Waals surface area contributed by atoms with Crippen molar-refractivity contribution >= 4 is 39.1 Å². The third kappa shape index (κ3) is 2.95. The molecule has 2 heterocycles. The Morgan fingerprint density at radius 1 is 1.40 bits per heavy atom. The zero-order valence-corrected chi connectivity index (χ0v) is 16.4. The third-order valence-corrected chi connectivity index (χ3v) is 7.47. The maximum Gasteiger partial charge on any atom is 0.280 e. The van der Waals surface area contributed by atoms with Crippen LogP contribution in [0.4, 0.5) is 5.69 Å². The van der Waals surface area contributed by atoms with Crippen molar-refractivity contribution in [2.45, 2.75) is 35.6 Å².